The average Bonchev–Trinajstić information content (AvgIpc) is 3.71. The molecule has 10 rings (SSSR count). The van der Waals surface area contributed by atoms with Gasteiger partial charge < -0.3 is 9.98 Å². The highest BCUT2D eigenvalue weighted by Crippen LogP contribution is 2.65. The first-order valence-electron chi connectivity index (χ1n) is 18.5. The van der Waals surface area contributed by atoms with Crippen molar-refractivity contribution >= 4 is 50.1 Å². The SMILES string of the molecule is C=C/C=C(\C)c1ccccc1-c1cc2c3c4c5c6c(cccc6ccc5n(/C=C/C=C\C(=N)c5ccccc5)c14)C3(C1C=CC=CC1)c1ccccc1-2. The minimum Gasteiger partial charge on any atom is -0.315 e. The number of hydrogen-bond donors (Lipinski definition) is 1. The van der Waals surface area contributed by atoms with Crippen LogP contribution in [0.1, 0.15) is 41.2 Å². The first-order chi connectivity index (χ1) is 26.1. The van der Waals surface area contributed by atoms with Crippen molar-refractivity contribution in [3.63, 3.8) is 0 Å². The van der Waals surface area contributed by atoms with Crippen LogP contribution < -0.4 is 0 Å². The van der Waals surface area contributed by atoms with Crippen LogP contribution in [0.4, 0.5) is 0 Å². The summed E-state index contributed by atoms with van der Waals surface area (Å²) in [5.74, 6) is 0.258. The molecule has 2 heteroatoms. The van der Waals surface area contributed by atoms with Gasteiger partial charge in [0.1, 0.15) is 0 Å². The molecule has 1 aromatic heterocycles. The van der Waals surface area contributed by atoms with E-state index in [2.05, 4.69) is 146 Å². The zero-order valence-corrected chi connectivity index (χ0v) is 29.7. The van der Waals surface area contributed by atoms with Crippen molar-refractivity contribution in [1.29, 1.82) is 5.41 Å². The van der Waals surface area contributed by atoms with E-state index in [0.717, 1.165) is 12.0 Å². The molecule has 0 spiro atoms. The van der Waals surface area contributed by atoms with Crippen LogP contribution in [-0.2, 0) is 5.41 Å². The number of hydrogen-bond acceptors (Lipinski definition) is 1. The Labute approximate surface area is 310 Å². The smallest absolute Gasteiger partial charge is 0.0617 e. The molecule has 0 saturated heterocycles. The van der Waals surface area contributed by atoms with Gasteiger partial charge >= 0.3 is 0 Å². The van der Waals surface area contributed by atoms with Gasteiger partial charge in [0.2, 0.25) is 0 Å². The maximum absolute atomic E-state index is 8.70. The Bertz CT molecular complexity index is 2850. The number of nitrogens with one attached hydrogen (secondary N) is 1. The second-order valence-corrected chi connectivity index (χ2v) is 14.4. The summed E-state index contributed by atoms with van der Waals surface area (Å²) in [5, 5.41) is 14.0. The molecule has 0 saturated carbocycles. The second-order valence-electron chi connectivity index (χ2n) is 14.4. The molecule has 3 aliphatic carbocycles. The summed E-state index contributed by atoms with van der Waals surface area (Å²) in [6.07, 6.45) is 22.4. The molecule has 2 unspecified atom stereocenters. The Kier molecular flexibility index (Phi) is 7.10. The molecule has 1 N–H and O–H groups in total. The van der Waals surface area contributed by atoms with Crippen molar-refractivity contribution in [1.82, 2.24) is 4.57 Å². The summed E-state index contributed by atoms with van der Waals surface area (Å²) in [7, 11) is 0. The summed E-state index contributed by atoms with van der Waals surface area (Å²) in [5.41, 5.74) is 15.1. The van der Waals surface area contributed by atoms with Crippen molar-refractivity contribution in [3.05, 3.63) is 204 Å². The van der Waals surface area contributed by atoms with E-state index >= 15 is 0 Å². The van der Waals surface area contributed by atoms with Gasteiger partial charge in [0, 0.05) is 22.5 Å². The minimum absolute atomic E-state index is 0.258. The largest absolute Gasteiger partial charge is 0.315 e. The lowest BCUT2D eigenvalue weighted by Crippen LogP contribution is -2.37. The lowest BCUT2D eigenvalue weighted by Gasteiger charge is -2.42. The zero-order chi connectivity index (χ0) is 35.7. The first-order valence-corrected chi connectivity index (χ1v) is 18.5. The molecule has 0 bridgehead atoms. The van der Waals surface area contributed by atoms with Crippen LogP contribution in [0.3, 0.4) is 0 Å². The molecule has 6 aromatic carbocycles. The monoisotopic (exact) mass is 678 g/mol. The number of fused-ring (bicyclic) bond motifs is 4. The third-order valence-electron chi connectivity index (χ3n) is 11.8. The van der Waals surface area contributed by atoms with Gasteiger partial charge in [0.15, 0.2) is 0 Å². The Hall–Kier alpha value is -6.51. The highest BCUT2D eigenvalue weighted by molar-refractivity contribution is 6.29. The van der Waals surface area contributed by atoms with Crippen LogP contribution in [0.2, 0.25) is 0 Å². The van der Waals surface area contributed by atoms with Gasteiger partial charge in [-0.1, -0.05) is 152 Å². The van der Waals surface area contributed by atoms with Crippen molar-refractivity contribution in [2.24, 2.45) is 5.92 Å². The van der Waals surface area contributed by atoms with Gasteiger partial charge in [-0.25, -0.2) is 0 Å². The van der Waals surface area contributed by atoms with Crippen LogP contribution in [0.5, 0.6) is 0 Å². The molecule has 3 aliphatic rings. The van der Waals surface area contributed by atoms with Gasteiger partial charge in [0.05, 0.1) is 22.2 Å². The standard InChI is InChI=1S/C51H38N2/c1-3-17-33(2)37-23-10-11-24-38(37)41-32-40-39-25-12-13-26-42(39)51(36-21-8-5-9-22-36)43-27-16-20-35-29-30-45-47(46(35)43)48(49(40)51)50(41)53(45)31-15-14-28-44(52)34-18-6-4-7-19-34/h3-21,23-32,36,52H,1,22H2,2H3/b28-14-,31-15+,33-17+,52-44?. The van der Waals surface area contributed by atoms with E-state index in [1.54, 1.807) is 0 Å². The predicted molar refractivity (Wildman–Crippen MR) is 226 cm³/mol. The summed E-state index contributed by atoms with van der Waals surface area (Å²) in [6.45, 7) is 6.21. The third-order valence-corrected chi connectivity index (χ3v) is 11.8. The summed E-state index contributed by atoms with van der Waals surface area (Å²) in [4.78, 5) is 0. The molecule has 53 heavy (non-hydrogen) atoms. The minimum atomic E-state index is -0.344. The molecular weight excluding hydrogens is 641 g/mol. The molecule has 252 valence electrons. The number of rotatable bonds is 8. The zero-order valence-electron chi connectivity index (χ0n) is 29.7. The first kappa shape index (κ1) is 31.2. The quantitative estimate of drug-likeness (QED) is 0.122. The van der Waals surface area contributed by atoms with Crippen LogP contribution in [0, 0.1) is 11.3 Å². The fourth-order valence-corrected chi connectivity index (χ4v) is 9.71. The molecule has 0 radical (unpaired) electrons. The van der Waals surface area contributed by atoms with Gasteiger partial charge in [-0.2, -0.15) is 0 Å². The van der Waals surface area contributed by atoms with Crippen LogP contribution in [-0.4, -0.2) is 10.3 Å². The van der Waals surface area contributed by atoms with E-state index < -0.39 is 0 Å². The summed E-state index contributed by atoms with van der Waals surface area (Å²) < 4.78 is 2.42. The van der Waals surface area contributed by atoms with Crippen LogP contribution in [0.15, 0.2) is 177 Å². The van der Waals surface area contributed by atoms with E-state index in [1.807, 2.05) is 48.6 Å². The normalized spacial score (nSPS) is 18.4. The molecular formula is C51H38N2. The number of aromatic nitrogens is 1. The molecule has 7 aromatic rings. The molecule has 1 heterocycles. The maximum atomic E-state index is 8.70. The van der Waals surface area contributed by atoms with Crippen molar-refractivity contribution in [3.8, 4) is 22.3 Å². The lowest BCUT2D eigenvalue weighted by atomic mass is 9.59. The lowest BCUT2D eigenvalue weighted by molar-refractivity contribution is 0.463. The molecule has 0 aliphatic heterocycles. The van der Waals surface area contributed by atoms with Crippen LogP contribution in [0.25, 0.3) is 66.6 Å². The Morgan fingerprint density at radius 2 is 1.55 bits per heavy atom. The van der Waals surface area contributed by atoms with Crippen molar-refractivity contribution < 1.29 is 0 Å². The molecule has 0 fully saturated rings. The topological polar surface area (TPSA) is 28.8 Å². The highest BCUT2D eigenvalue weighted by Gasteiger charge is 2.53. The molecule has 2 nitrogen and oxygen atoms in total. The van der Waals surface area contributed by atoms with Gasteiger partial charge in [0.25, 0.3) is 0 Å². The van der Waals surface area contributed by atoms with Gasteiger partial charge in [-0.05, 0) is 104 Å². The van der Waals surface area contributed by atoms with E-state index in [4.69, 9.17) is 5.41 Å². The number of allylic oxidation sites excluding steroid dienone is 10. The van der Waals surface area contributed by atoms with E-state index in [1.165, 1.54) is 82.7 Å². The number of nitrogens with zero attached hydrogens (tertiary/aromatic N) is 1. The third kappa shape index (κ3) is 4.36. The van der Waals surface area contributed by atoms with Crippen LogP contribution >= 0.6 is 0 Å². The molecule has 2 atom stereocenters. The Balaban J connectivity index is 1.36. The number of benzene rings is 6. The fraction of sp³-hybridized carbons (Fsp3) is 0.0784. The highest BCUT2D eigenvalue weighted by atomic mass is 15.0. The average molecular weight is 679 g/mol. The van der Waals surface area contributed by atoms with E-state index in [9.17, 15) is 0 Å². The second kappa shape index (κ2) is 12.0. The van der Waals surface area contributed by atoms with Gasteiger partial charge in [-0.15, -0.1) is 0 Å². The van der Waals surface area contributed by atoms with Crippen molar-refractivity contribution in [2.75, 3.05) is 0 Å². The van der Waals surface area contributed by atoms with E-state index in [0.29, 0.717) is 5.71 Å². The Morgan fingerprint density at radius 1 is 0.755 bits per heavy atom. The van der Waals surface area contributed by atoms with E-state index in [-0.39, 0.29) is 11.3 Å². The maximum Gasteiger partial charge on any atom is 0.0617 e. The van der Waals surface area contributed by atoms with Crippen molar-refractivity contribution in [2.45, 2.75) is 18.8 Å². The Morgan fingerprint density at radius 3 is 2.38 bits per heavy atom. The fourth-order valence-electron chi connectivity index (χ4n) is 9.71. The summed E-state index contributed by atoms with van der Waals surface area (Å²) >= 11 is 0. The van der Waals surface area contributed by atoms with Gasteiger partial charge in [-0.3, -0.25) is 0 Å². The molecule has 0 amide bonds. The predicted octanol–water partition coefficient (Wildman–Crippen LogP) is 13.1. The summed E-state index contributed by atoms with van der Waals surface area (Å²) in [6, 6.07) is 42.0.